The van der Waals surface area contributed by atoms with Gasteiger partial charge in [-0.2, -0.15) is 0 Å². The predicted octanol–water partition coefficient (Wildman–Crippen LogP) is 3.08. The molecule has 0 N–H and O–H groups in total. The maximum absolute atomic E-state index is 11.9. The zero-order valence-electron chi connectivity index (χ0n) is 9.75. The van der Waals surface area contributed by atoms with Crippen molar-refractivity contribution in [3.8, 4) is 0 Å². The second-order valence-corrected chi connectivity index (χ2v) is 6.34. The number of hydrogen-bond acceptors (Lipinski definition) is 4. The summed E-state index contributed by atoms with van der Waals surface area (Å²) >= 11 is 3.30. The van der Waals surface area contributed by atoms with Crippen molar-refractivity contribution < 1.29 is 9.53 Å². The average Bonchev–Trinajstić information content (AvgIpc) is 2.23. The minimum atomic E-state index is -0.403. The monoisotopic (exact) mass is 246 g/mol. The third kappa shape index (κ3) is 2.72. The Morgan fingerprint density at radius 2 is 2.20 bits per heavy atom. The third-order valence-corrected chi connectivity index (χ3v) is 5.84. The molecule has 0 bridgehead atoms. The van der Waals surface area contributed by atoms with Gasteiger partial charge in [0.25, 0.3) is 0 Å². The first kappa shape index (κ1) is 13.0. The van der Waals surface area contributed by atoms with Crippen molar-refractivity contribution >= 4 is 29.5 Å². The van der Waals surface area contributed by atoms with Crippen LogP contribution in [0, 0.1) is 0 Å². The van der Waals surface area contributed by atoms with Crippen LogP contribution >= 0.6 is 23.5 Å². The summed E-state index contributed by atoms with van der Waals surface area (Å²) in [4.78, 5) is 11.9. The summed E-state index contributed by atoms with van der Waals surface area (Å²) in [7, 11) is 0. The van der Waals surface area contributed by atoms with Crippen molar-refractivity contribution in [1.82, 2.24) is 0 Å². The lowest BCUT2D eigenvalue weighted by molar-refractivity contribution is -0.143. The number of ether oxygens (including phenoxy) is 1. The number of esters is 1. The van der Waals surface area contributed by atoms with E-state index in [1.165, 1.54) is 11.1 Å². The van der Waals surface area contributed by atoms with Crippen LogP contribution in [0.3, 0.4) is 0 Å². The Morgan fingerprint density at radius 3 is 2.67 bits per heavy atom. The van der Waals surface area contributed by atoms with E-state index in [0.29, 0.717) is 6.61 Å². The summed E-state index contributed by atoms with van der Waals surface area (Å²) in [5.74, 6) is 0.861. The molecule has 2 nitrogen and oxygen atoms in total. The van der Waals surface area contributed by atoms with Gasteiger partial charge in [0.15, 0.2) is 4.08 Å². The van der Waals surface area contributed by atoms with Crippen LogP contribution in [0.4, 0.5) is 0 Å². The molecule has 1 aliphatic rings. The first-order valence-electron chi connectivity index (χ1n) is 5.07. The largest absolute Gasteiger partial charge is 0.464 e. The number of allylic oxidation sites excluding steroid dienone is 1. The summed E-state index contributed by atoms with van der Waals surface area (Å²) in [5, 5.41) is 0. The van der Waals surface area contributed by atoms with Gasteiger partial charge in [-0.25, -0.2) is 4.79 Å². The Labute approximate surface area is 100 Å². The Balaban J connectivity index is 2.84. The molecule has 4 heteroatoms. The molecule has 0 aromatic rings. The molecule has 0 aromatic heterocycles. The van der Waals surface area contributed by atoms with Crippen LogP contribution in [0.25, 0.3) is 0 Å². The number of rotatable bonds is 3. The minimum absolute atomic E-state index is 0.0747. The second kappa shape index (κ2) is 5.30. The highest BCUT2D eigenvalue weighted by atomic mass is 32.2. The van der Waals surface area contributed by atoms with Crippen LogP contribution < -0.4 is 0 Å². The number of carbonyl (C=O) groups is 1. The fraction of sp³-hybridized carbons (Fsp3) is 0.727. The van der Waals surface area contributed by atoms with Crippen molar-refractivity contribution in [3.05, 3.63) is 11.1 Å². The quantitative estimate of drug-likeness (QED) is 0.565. The van der Waals surface area contributed by atoms with Crippen LogP contribution in [-0.2, 0) is 9.53 Å². The predicted molar refractivity (Wildman–Crippen MR) is 68.3 cm³/mol. The fourth-order valence-corrected chi connectivity index (χ4v) is 3.91. The molecule has 0 fully saturated rings. The van der Waals surface area contributed by atoms with Crippen LogP contribution in [0.5, 0.6) is 0 Å². The standard InChI is InChI=1S/C11H18O2S2/c1-5-13-10(12)11(14-4)6-8(2)9(3)7-15-11/h5-7H2,1-4H3/t11-/m0/s1. The lowest BCUT2D eigenvalue weighted by Crippen LogP contribution is -2.36. The van der Waals surface area contributed by atoms with E-state index in [0.717, 1.165) is 12.2 Å². The molecule has 1 atom stereocenters. The molecule has 0 unspecified atom stereocenters. The number of thioether (sulfide) groups is 2. The smallest absolute Gasteiger partial charge is 0.332 e. The van der Waals surface area contributed by atoms with Crippen molar-refractivity contribution in [3.63, 3.8) is 0 Å². The lowest BCUT2D eigenvalue weighted by atomic mass is 10.1. The number of carbonyl (C=O) groups excluding carboxylic acids is 1. The molecular weight excluding hydrogens is 228 g/mol. The highest BCUT2D eigenvalue weighted by molar-refractivity contribution is 8.19. The molecule has 0 saturated carbocycles. The lowest BCUT2D eigenvalue weighted by Gasteiger charge is -2.33. The van der Waals surface area contributed by atoms with E-state index in [2.05, 4.69) is 13.8 Å². The van der Waals surface area contributed by atoms with Crippen LogP contribution in [0.1, 0.15) is 27.2 Å². The molecule has 1 aliphatic heterocycles. The van der Waals surface area contributed by atoms with Gasteiger partial charge in [-0.15, -0.1) is 23.5 Å². The van der Waals surface area contributed by atoms with E-state index < -0.39 is 4.08 Å². The zero-order valence-corrected chi connectivity index (χ0v) is 11.4. The van der Waals surface area contributed by atoms with E-state index >= 15 is 0 Å². The van der Waals surface area contributed by atoms with Gasteiger partial charge in [0.2, 0.25) is 0 Å². The summed E-state index contributed by atoms with van der Waals surface area (Å²) in [6, 6.07) is 0. The van der Waals surface area contributed by atoms with Crippen LogP contribution in [0.2, 0.25) is 0 Å². The van der Waals surface area contributed by atoms with Crippen molar-refractivity contribution in [1.29, 1.82) is 0 Å². The second-order valence-electron chi connectivity index (χ2n) is 3.70. The van der Waals surface area contributed by atoms with Gasteiger partial charge < -0.3 is 4.74 Å². The minimum Gasteiger partial charge on any atom is -0.464 e. The van der Waals surface area contributed by atoms with Crippen molar-refractivity contribution in [2.45, 2.75) is 31.3 Å². The Hall–Kier alpha value is -0.0900. The van der Waals surface area contributed by atoms with Gasteiger partial charge in [0, 0.05) is 12.2 Å². The zero-order chi connectivity index (χ0) is 11.5. The first-order chi connectivity index (χ1) is 7.05. The highest BCUT2D eigenvalue weighted by Gasteiger charge is 2.42. The molecule has 0 spiro atoms. The first-order valence-corrected chi connectivity index (χ1v) is 7.28. The van der Waals surface area contributed by atoms with E-state index in [4.69, 9.17) is 4.74 Å². The molecule has 86 valence electrons. The average molecular weight is 246 g/mol. The SMILES string of the molecule is CCOC(=O)[C@]1(SC)CC(C)=C(C)CS1. The molecule has 0 radical (unpaired) electrons. The van der Waals surface area contributed by atoms with Gasteiger partial charge in [-0.05, 0) is 27.0 Å². The summed E-state index contributed by atoms with van der Waals surface area (Å²) in [6.45, 7) is 6.56. The van der Waals surface area contributed by atoms with Gasteiger partial charge in [0.05, 0.1) is 6.61 Å². The number of hydrogen-bond donors (Lipinski definition) is 0. The molecule has 1 heterocycles. The molecule has 0 amide bonds. The maximum atomic E-state index is 11.9. The third-order valence-electron chi connectivity index (χ3n) is 2.66. The van der Waals surface area contributed by atoms with Crippen LogP contribution in [0.15, 0.2) is 11.1 Å². The molecule has 15 heavy (non-hydrogen) atoms. The van der Waals surface area contributed by atoms with Crippen molar-refractivity contribution in [2.75, 3.05) is 18.6 Å². The summed E-state index contributed by atoms with van der Waals surface area (Å²) in [6.07, 6.45) is 2.79. The van der Waals surface area contributed by atoms with E-state index in [9.17, 15) is 4.79 Å². The molecule has 0 saturated heterocycles. The van der Waals surface area contributed by atoms with E-state index in [1.54, 1.807) is 23.5 Å². The van der Waals surface area contributed by atoms with Gasteiger partial charge >= 0.3 is 5.97 Å². The molecule has 0 aromatic carbocycles. The highest BCUT2D eigenvalue weighted by Crippen LogP contribution is 2.46. The topological polar surface area (TPSA) is 26.3 Å². The van der Waals surface area contributed by atoms with Gasteiger partial charge in [-0.1, -0.05) is 11.1 Å². The normalized spacial score (nSPS) is 26.7. The van der Waals surface area contributed by atoms with Crippen LogP contribution in [-0.4, -0.2) is 28.7 Å². The Bertz CT molecular complexity index is 286. The Kier molecular flexibility index (Phi) is 4.59. The molecule has 1 rings (SSSR count). The maximum Gasteiger partial charge on any atom is 0.332 e. The Morgan fingerprint density at radius 1 is 1.53 bits per heavy atom. The van der Waals surface area contributed by atoms with Gasteiger partial charge in [0.1, 0.15) is 0 Å². The molecule has 0 aliphatic carbocycles. The summed E-state index contributed by atoms with van der Waals surface area (Å²) < 4.78 is 4.75. The van der Waals surface area contributed by atoms with E-state index in [-0.39, 0.29) is 5.97 Å². The van der Waals surface area contributed by atoms with Crippen molar-refractivity contribution in [2.24, 2.45) is 0 Å². The van der Waals surface area contributed by atoms with Gasteiger partial charge in [-0.3, -0.25) is 0 Å². The fourth-order valence-electron chi connectivity index (χ4n) is 1.49. The summed E-state index contributed by atoms with van der Waals surface area (Å²) in [5.41, 5.74) is 2.73. The molecular formula is C11H18O2S2. The van der Waals surface area contributed by atoms with E-state index in [1.807, 2.05) is 13.2 Å².